The van der Waals surface area contributed by atoms with Gasteiger partial charge in [0.15, 0.2) is 0 Å². The number of carbonyl (C=O) groups excluding carboxylic acids is 1. The molecule has 1 unspecified atom stereocenters. The number of hydrogen-bond acceptors (Lipinski definition) is 5. The lowest BCUT2D eigenvalue weighted by atomic mass is 10.2. The van der Waals surface area contributed by atoms with E-state index in [9.17, 15) is 4.79 Å². The zero-order chi connectivity index (χ0) is 17.2. The average molecular weight is 341 g/mol. The van der Waals surface area contributed by atoms with Gasteiger partial charge in [0.1, 0.15) is 11.5 Å². The normalized spacial score (nSPS) is 20.5. The molecule has 0 aromatic carbocycles. The number of nitrogens with zero attached hydrogens (tertiary/aromatic N) is 3. The third-order valence-corrected chi connectivity index (χ3v) is 4.67. The Morgan fingerprint density at radius 3 is 3.04 bits per heavy atom. The van der Waals surface area contributed by atoms with Crippen molar-refractivity contribution in [3.05, 3.63) is 41.3 Å². The predicted molar refractivity (Wildman–Crippen MR) is 93.6 cm³/mol. The predicted octanol–water partition coefficient (Wildman–Crippen LogP) is 1.84. The number of ether oxygens (including phenoxy) is 1. The summed E-state index contributed by atoms with van der Waals surface area (Å²) in [6, 6.07) is 5.86. The quantitative estimate of drug-likeness (QED) is 0.867. The molecule has 1 amide bonds. The molecule has 25 heavy (non-hydrogen) atoms. The molecule has 2 fully saturated rings. The van der Waals surface area contributed by atoms with E-state index in [-0.39, 0.29) is 12.0 Å². The van der Waals surface area contributed by atoms with Gasteiger partial charge >= 0.3 is 0 Å². The number of rotatable bonds is 5. The number of H-pyrrole nitrogens is 1. The number of aromatic amines is 1. The maximum atomic E-state index is 12.2. The fourth-order valence-corrected chi connectivity index (χ4v) is 3.06. The first-order valence-corrected chi connectivity index (χ1v) is 8.84. The van der Waals surface area contributed by atoms with Gasteiger partial charge in [0, 0.05) is 37.4 Å². The molecule has 2 aromatic rings. The third-order valence-electron chi connectivity index (χ3n) is 4.67. The Balaban J connectivity index is 1.32. The number of aromatic nitrogens is 3. The van der Waals surface area contributed by atoms with Crippen molar-refractivity contribution in [3.63, 3.8) is 0 Å². The number of anilines is 1. The maximum Gasteiger partial charge on any atom is 0.272 e. The second-order valence-electron chi connectivity index (χ2n) is 6.82. The fourth-order valence-electron chi connectivity index (χ4n) is 3.06. The topological polar surface area (TPSA) is 83.1 Å². The minimum absolute atomic E-state index is 0.158. The monoisotopic (exact) mass is 341 g/mol. The van der Waals surface area contributed by atoms with Crippen LogP contribution in [0.15, 0.2) is 24.4 Å². The van der Waals surface area contributed by atoms with Gasteiger partial charge in [0.2, 0.25) is 0 Å². The van der Waals surface area contributed by atoms with Crippen molar-refractivity contribution >= 4 is 11.7 Å². The molecule has 1 aliphatic carbocycles. The van der Waals surface area contributed by atoms with E-state index in [1.54, 1.807) is 0 Å². The van der Waals surface area contributed by atoms with E-state index in [2.05, 4.69) is 32.3 Å². The molecule has 3 heterocycles. The van der Waals surface area contributed by atoms with Gasteiger partial charge in [-0.2, -0.15) is 5.10 Å². The summed E-state index contributed by atoms with van der Waals surface area (Å²) in [5.41, 5.74) is 2.49. The highest BCUT2D eigenvalue weighted by atomic mass is 16.5. The highest BCUT2D eigenvalue weighted by Gasteiger charge is 2.26. The van der Waals surface area contributed by atoms with Crippen molar-refractivity contribution in [2.24, 2.45) is 0 Å². The minimum Gasteiger partial charge on any atom is -0.375 e. The van der Waals surface area contributed by atoms with E-state index in [0.717, 1.165) is 36.8 Å². The highest BCUT2D eigenvalue weighted by molar-refractivity contribution is 5.92. The van der Waals surface area contributed by atoms with Crippen LogP contribution in [0.1, 0.15) is 47.4 Å². The molecule has 1 saturated heterocycles. The molecule has 4 rings (SSSR count). The van der Waals surface area contributed by atoms with Gasteiger partial charge in [0.05, 0.1) is 12.7 Å². The van der Waals surface area contributed by atoms with Crippen LogP contribution in [0.3, 0.4) is 0 Å². The summed E-state index contributed by atoms with van der Waals surface area (Å²) >= 11 is 0. The second-order valence-corrected chi connectivity index (χ2v) is 6.82. The van der Waals surface area contributed by atoms with E-state index in [0.29, 0.717) is 18.2 Å². The molecule has 1 atom stereocenters. The second kappa shape index (κ2) is 6.84. The van der Waals surface area contributed by atoms with Gasteiger partial charge in [-0.15, -0.1) is 0 Å². The Bertz CT molecular complexity index is 738. The van der Waals surface area contributed by atoms with Crippen LogP contribution < -0.4 is 10.2 Å². The van der Waals surface area contributed by atoms with Crippen LogP contribution in [-0.2, 0) is 11.3 Å². The van der Waals surface area contributed by atoms with Crippen molar-refractivity contribution in [2.45, 2.75) is 38.3 Å². The Kier molecular flexibility index (Phi) is 4.40. The lowest BCUT2D eigenvalue weighted by Crippen LogP contribution is -2.41. The number of pyridine rings is 1. The Hall–Kier alpha value is -2.41. The number of hydrogen-bond donors (Lipinski definition) is 2. The maximum absolute atomic E-state index is 12.2. The van der Waals surface area contributed by atoms with Gasteiger partial charge in [-0.3, -0.25) is 9.89 Å². The first kappa shape index (κ1) is 16.1. The zero-order valence-corrected chi connectivity index (χ0v) is 14.4. The summed E-state index contributed by atoms with van der Waals surface area (Å²) < 4.78 is 5.56. The molecular formula is C18H23N5O2. The minimum atomic E-state index is -0.158. The summed E-state index contributed by atoms with van der Waals surface area (Å²) in [6.45, 7) is 4.95. The molecule has 7 nitrogen and oxygen atoms in total. The van der Waals surface area contributed by atoms with Gasteiger partial charge in [0.25, 0.3) is 5.91 Å². The van der Waals surface area contributed by atoms with Gasteiger partial charge in [-0.1, -0.05) is 6.07 Å². The van der Waals surface area contributed by atoms with Crippen LogP contribution in [0.5, 0.6) is 0 Å². The van der Waals surface area contributed by atoms with E-state index >= 15 is 0 Å². The van der Waals surface area contributed by atoms with Crippen molar-refractivity contribution < 1.29 is 9.53 Å². The van der Waals surface area contributed by atoms with Crippen molar-refractivity contribution in [3.8, 4) is 0 Å². The molecule has 132 valence electrons. The Morgan fingerprint density at radius 2 is 2.32 bits per heavy atom. The molecule has 7 heteroatoms. The summed E-state index contributed by atoms with van der Waals surface area (Å²) in [5.74, 6) is 1.36. The van der Waals surface area contributed by atoms with Crippen LogP contribution in [-0.4, -0.2) is 46.9 Å². The van der Waals surface area contributed by atoms with E-state index < -0.39 is 0 Å². The first-order chi connectivity index (χ1) is 12.2. The Labute approximate surface area is 146 Å². The van der Waals surface area contributed by atoms with Crippen LogP contribution in [0, 0.1) is 0 Å². The standard InChI is InChI=1S/C18H23N5O2/c1-12-11-23(6-7-25-12)17-5-2-13(9-19-17)10-20-18(24)16-8-15(21-22-16)14-3-4-14/h2,5,8-9,12,14H,3-4,6-7,10-11H2,1H3,(H,20,24)(H,21,22). The number of carbonyl (C=O) groups is 1. The number of morpholine rings is 1. The first-order valence-electron chi connectivity index (χ1n) is 8.84. The number of nitrogens with one attached hydrogen (secondary N) is 2. The van der Waals surface area contributed by atoms with Gasteiger partial charge in [-0.05, 0) is 37.5 Å². The molecule has 0 radical (unpaired) electrons. The molecule has 0 spiro atoms. The van der Waals surface area contributed by atoms with Crippen molar-refractivity contribution in [2.75, 3.05) is 24.6 Å². The number of amides is 1. The zero-order valence-electron chi connectivity index (χ0n) is 14.4. The van der Waals surface area contributed by atoms with Crippen LogP contribution in [0.2, 0.25) is 0 Å². The molecule has 2 N–H and O–H groups in total. The molecule has 1 saturated carbocycles. The van der Waals surface area contributed by atoms with Gasteiger partial charge < -0.3 is 15.0 Å². The van der Waals surface area contributed by atoms with Gasteiger partial charge in [-0.25, -0.2) is 4.98 Å². The molecule has 0 bridgehead atoms. The molecular weight excluding hydrogens is 318 g/mol. The van der Waals surface area contributed by atoms with Crippen molar-refractivity contribution in [1.29, 1.82) is 0 Å². The molecule has 1 aliphatic heterocycles. The summed E-state index contributed by atoms with van der Waals surface area (Å²) in [5, 5.41) is 9.95. The SMILES string of the molecule is CC1CN(c2ccc(CNC(=O)c3cc(C4CC4)[nH]n3)cn2)CCO1. The van der Waals surface area contributed by atoms with Crippen LogP contribution in [0.25, 0.3) is 0 Å². The molecule has 2 aliphatic rings. The van der Waals surface area contributed by atoms with Crippen LogP contribution in [0.4, 0.5) is 5.82 Å². The lowest BCUT2D eigenvalue weighted by molar-refractivity contribution is 0.0529. The smallest absolute Gasteiger partial charge is 0.272 e. The summed E-state index contributed by atoms with van der Waals surface area (Å²) in [6.07, 6.45) is 4.41. The largest absolute Gasteiger partial charge is 0.375 e. The molecule has 2 aromatic heterocycles. The van der Waals surface area contributed by atoms with Crippen molar-refractivity contribution in [1.82, 2.24) is 20.5 Å². The average Bonchev–Trinajstić information content (AvgIpc) is 3.37. The summed E-state index contributed by atoms with van der Waals surface area (Å²) in [7, 11) is 0. The Morgan fingerprint density at radius 1 is 1.44 bits per heavy atom. The fraction of sp³-hybridized carbons (Fsp3) is 0.500. The van der Waals surface area contributed by atoms with Crippen LogP contribution >= 0.6 is 0 Å². The highest BCUT2D eigenvalue weighted by Crippen LogP contribution is 2.38. The van der Waals surface area contributed by atoms with E-state index in [1.807, 2.05) is 24.4 Å². The van der Waals surface area contributed by atoms with E-state index in [1.165, 1.54) is 12.8 Å². The lowest BCUT2D eigenvalue weighted by Gasteiger charge is -2.32. The summed E-state index contributed by atoms with van der Waals surface area (Å²) in [4.78, 5) is 18.9. The van der Waals surface area contributed by atoms with E-state index in [4.69, 9.17) is 4.74 Å². The third kappa shape index (κ3) is 3.82.